The average Bonchev–Trinajstić information content (AvgIpc) is 3.57. The number of rotatable bonds is 22. The van der Waals surface area contributed by atoms with E-state index in [9.17, 15) is 48.3 Å². The zero-order valence-corrected chi connectivity index (χ0v) is 32.1. The highest BCUT2D eigenvalue weighted by molar-refractivity contribution is 5.97. The molecule has 0 unspecified atom stereocenters. The topological polar surface area (TPSA) is 322 Å². The summed E-state index contributed by atoms with van der Waals surface area (Å²) in [5, 5.41) is 33.4. The molecule has 0 bridgehead atoms. The predicted molar refractivity (Wildman–Crippen MR) is 193 cm³/mol. The minimum Gasteiger partial charge on any atom is -0.480 e. The van der Waals surface area contributed by atoms with Crippen molar-refractivity contribution in [2.75, 3.05) is 19.6 Å². The average molecular weight is 770 g/mol. The van der Waals surface area contributed by atoms with E-state index in [2.05, 4.69) is 31.9 Å². The van der Waals surface area contributed by atoms with E-state index in [1.165, 1.54) is 11.8 Å². The molecule has 0 saturated carbocycles. The van der Waals surface area contributed by atoms with Crippen molar-refractivity contribution in [1.29, 1.82) is 0 Å². The Morgan fingerprint density at radius 1 is 0.741 bits per heavy atom. The van der Waals surface area contributed by atoms with Crippen LogP contribution in [0.15, 0.2) is 0 Å². The second-order valence-corrected chi connectivity index (χ2v) is 14.6. The van der Waals surface area contributed by atoms with E-state index in [1.54, 1.807) is 27.7 Å². The SMILES string of the molecule is CC(C)C[C@H](NC(=O)[C@@H](NC(=O)CNC(=O)[C@@H](N)[C@@H](C)O)C(C)C)C(=O)N[C@H](C(=O)N[C@@H](CCC(N)=O)C(=O)N1CCC[C@H]1C(=O)NCC(=O)O)C(C)C. The lowest BCUT2D eigenvalue weighted by atomic mass is 9.98. The number of primary amides is 1. The van der Waals surface area contributed by atoms with Crippen LogP contribution in [-0.4, -0.2) is 130 Å². The maximum atomic E-state index is 13.7. The number of carboxylic acid groups (broad SMARTS) is 1. The summed E-state index contributed by atoms with van der Waals surface area (Å²) in [6, 6.07) is -7.14. The molecule has 0 aromatic rings. The molecule has 1 heterocycles. The fourth-order valence-corrected chi connectivity index (χ4v) is 5.61. The molecule has 1 aliphatic rings. The molecular weight excluding hydrogens is 710 g/mol. The molecule has 1 rings (SSSR count). The number of likely N-dealkylation sites (tertiary alicyclic amines) is 1. The third-order valence-corrected chi connectivity index (χ3v) is 8.64. The minimum absolute atomic E-state index is 0.121. The number of nitrogens with zero attached hydrogens (tertiary/aromatic N) is 1. The normalized spacial score (nSPS) is 17.4. The van der Waals surface area contributed by atoms with Gasteiger partial charge >= 0.3 is 5.97 Å². The maximum Gasteiger partial charge on any atom is 0.322 e. The number of hydrogen-bond acceptors (Lipinski definition) is 11. The zero-order chi connectivity index (χ0) is 41.4. The fraction of sp³-hybridized carbons (Fsp3) is 0.735. The summed E-state index contributed by atoms with van der Waals surface area (Å²) in [7, 11) is 0. The third kappa shape index (κ3) is 15.6. The molecule has 0 aromatic heterocycles. The Kier molecular flexibility index (Phi) is 19.6. The molecule has 1 aliphatic heterocycles. The number of aliphatic carboxylic acids is 1. The van der Waals surface area contributed by atoms with Crippen LogP contribution in [0.5, 0.6) is 0 Å². The van der Waals surface area contributed by atoms with Gasteiger partial charge in [0.2, 0.25) is 47.3 Å². The highest BCUT2D eigenvalue weighted by Gasteiger charge is 2.39. The third-order valence-electron chi connectivity index (χ3n) is 8.64. The Balaban J connectivity index is 3.17. The molecule has 8 amide bonds. The summed E-state index contributed by atoms with van der Waals surface area (Å²) in [6.07, 6.45) is -0.860. The van der Waals surface area contributed by atoms with Crippen molar-refractivity contribution in [3.05, 3.63) is 0 Å². The summed E-state index contributed by atoms with van der Waals surface area (Å²) in [4.78, 5) is 116. The summed E-state index contributed by atoms with van der Waals surface area (Å²) in [6.45, 7) is 10.5. The molecule has 20 nitrogen and oxygen atoms in total. The van der Waals surface area contributed by atoms with E-state index in [0.717, 1.165) is 0 Å². The zero-order valence-electron chi connectivity index (χ0n) is 32.1. The highest BCUT2D eigenvalue weighted by atomic mass is 16.4. The molecule has 306 valence electrons. The Hall–Kier alpha value is -4.85. The Bertz CT molecular complexity index is 1370. The van der Waals surface area contributed by atoms with E-state index >= 15 is 0 Å². The highest BCUT2D eigenvalue weighted by Crippen LogP contribution is 2.20. The monoisotopic (exact) mass is 769 g/mol. The Morgan fingerprint density at radius 3 is 1.80 bits per heavy atom. The molecule has 1 saturated heterocycles. The van der Waals surface area contributed by atoms with E-state index in [0.29, 0.717) is 6.42 Å². The number of amides is 8. The van der Waals surface area contributed by atoms with Crippen molar-refractivity contribution in [1.82, 2.24) is 36.8 Å². The van der Waals surface area contributed by atoms with Crippen LogP contribution in [0.1, 0.15) is 80.6 Å². The van der Waals surface area contributed by atoms with Crippen LogP contribution in [-0.2, 0) is 43.2 Å². The van der Waals surface area contributed by atoms with Gasteiger partial charge in [0, 0.05) is 13.0 Å². The number of aliphatic hydroxyl groups excluding tert-OH is 1. The van der Waals surface area contributed by atoms with Crippen LogP contribution in [0.4, 0.5) is 0 Å². The number of carbonyl (C=O) groups excluding carboxylic acids is 8. The lowest BCUT2D eigenvalue weighted by molar-refractivity contribution is -0.143. The summed E-state index contributed by atoms with van der Waals surface area (Å²) >= 11 is 0. The van der Waals surface area contributed by atoms with Crippen molar-refractivity contribution in [2.45, 2.75) is 123 Å². The van der Waals surface area contributed by atoms with E-state index in [1.807, 2.05) is 13.8 Å². The molecule has 0 aromatic carbocycles. The molecule has 1 fully saturated rings. The van der Waals surface area contributed by atoms with Gasteiger partial charge in [0.05, 0.1) is 12.6 Å². The molecule has 7 atom stereocenters. The Morgan fingerprint density at radius 2 is 1.30 bits per heavy atom. The summed E-state index contributed by atoms with van der Waals surface area (Å²) in [5.74, 6) is -8.24. The summed E-state index contributed by atoms with van der Waals surface area (Å²) in [5.41, 5.74) is 10.9. The van der Waals surface area contributed by atoms with Crippen LogP contribution >= 0.6 is 0 Å². The number of carboxylic acids is 1. The molecule has 0 aliphatic carbocycles. The van der Waals surface area contributed by atoms with Gasteiger partial charge in [0.25, 0.3) is 0 Å². The first-order valence-electron chi connectivity index (χ1n) is 18.1. The quantitative estimate of drug-likeness (QED) is 0.0515. The smallest absolute Gasteiger partial charge is 0.322 e. The standard InChI is InChI=1S/C34H59N9O11/c1-16(2)13-21(40-32(52)27(17(3)4)41-24(46)14-37-31(51)26(36)19(7)44)29(49)42-28(18(5)6)33(53)39-20(10-11-23(35)45)34(54)43-12-8-9-22(43)30(50)38-15-25(47)48/h16-22,26-28,44H,8-15,36H2,1-7H3,(H2,35,45)(H,37,51)(H,38,50)(H,39,53)(H,40,52)(H,41,46)(H,42,49)(H,47,48)/t19-,20+,21+,22+,26+,27+,28+/m1/s1. The van der Waals surface area contributed by atoms with E-state index < -0.39 is 121 Å². The van der Waals surface area contributed by atoms with Gasteiger partial charge in [-0.2, -0.15) is 0 Å². The largest absolute Gasteiger partial charge is 0.480 e. The van der Waals surface area contributed by atoms with Gasteiger partial charge in [0.1, 0.15) is 42.8 Å². The number of hydrogen-bond donors (Lipinski definition) is 10. The lowest BCUT2D eigenvalue weighted by Gasteiger charge is -2.31. The molecule has 0 spiro atoms. The van der Waals surface area contributed by atoms with Crippen LogP contribution in [0.25, 0.3) is 0 Å². The second-order valence-electron chi connectivity index (χ2n) is 14.6. The van der Waals surface area contributed by atoms with Crippen molar-refractivity contribution in [2.24, 2.45) is 29.2 Å². The second kappa shape index (κ2) is 22.4. The lowest BCUT2D eigenvalue weighted by Crippen LogP contribution is -2.61. The van der Waals surface area contributed by atoms with Crippen LogP contribution in [0, 0.1) is 17.8 Å². The molecule has 54 heavy (non-hydrogen) atoms. The predicted octanol–water partition coefficient (Wildman–Crippen LogP) is -3.43. The number of carbonyl (C=O) groups is 9. The van der Waals surface area contributed by atoms with Gasteiger partial charge in [-0.15, -0.1) is 0 Å². The first-order chi connectivity index (χ1) is 25.1. The van der Waals surface area contributed by atoms with Crippen molar-refractivity contribution >= 4 is 53.2 Å². The van der Waals surface area contributed by atoms with E-state index in [4.69, 9.17) is 16.6 Å². The van der Waals surface area contributed by atoms with Crippen LogP contribution in [0.3, 0.4) is 0 Å². The first kappa shape index (κ1) is 47.2. The van der Waals surface area contributed by atoms with Crippen molar-refractivity contribution < 1.29 is 53.4 Å². The number of nitrogens with one attached hydrogen (secondary N) is 6. The van der Waals surface area contributed by atoms with E-state index in [-0.39, 0.29) is 38.1 Å². The molecule has 12 N–H and O–H groups in total. The van der Waals surface area contributed by atoms with Gasteiger partial charge in [-0.3, -0.25) is 43.2 Å². The summed E-state index contributed by atoms with van der Waals surface area (Å²) < 4.78 is 0. The molecular formula is C34H59N9O11. The van der Waals surface area contributed by atoms with Gasteiger partial charge in [-0.1, -0.05) is 41.5 Å². The van der Waals surface area contributed by atoms with Gasteiger partial charge in [0.15, 0.2) is 0 Å². The van der Waals surface area contributed by atoms with Gasteiger partial charge in [-0.05, 0) is 50.4 Å². The first-order valence-corrected chi connectivity index (χ1v) is 18.1. The molecule has 0 radical (unpaired) electrons. The van der Waals surface area contributed by atoms with Crippen molar-refractivity contribution in [3.63, 3.8) is 0 Å². The van der Waals surface area contributed by atoms with Crippen molar-refractivity contribution in [3.8, 4) is 0 Å². The fourth-order valence-electron chi connectivity index (χ4n) is 5.61. The van der Waals surface area contributed by atoms with Crippen LogP contribution < -0.4 is 43.4 Å². The molecule has 20 heteroatoms. The number of aliphatic hydroxyl groups is 1. The van der Waals surface area contributed by atoms with Crippen LogP contribution in [0.2, 0.25) is 0 Å². The minimum atomic E-state index is -1.33. The maximum absolute atomic E-state index is 13.7. The van der Waals surface area contributed by atoms with Gasteiger partial charge in [-0.25, -0.2) is 0 Å². The van der Waals surface area contributed by atoms with Gasteiger partial charge < -0.3 is 58.5 Å². The Labute approximate surface area is 315 Å². The number of nitrogens with two attached hydrogens (primary N) is 2.